The zero-order valence-electron chi connectivity index (χ0n) is 10.6. The van der Waals surface area contributed by atoms with Gasteiger partial charge in [-0.1, -0.05) is 19.9 Å². The molecule has 1 N–H and O–H groups in total. The lowest BCUT2D eigenvalue weighted by Crippen LogP contribution is -2.27. The van der Waals surface area contributed by atoms with E-state index >= 15 is 0 Å². The summed E-state index contributed by atoms with van der Waals surface area (Å²) in [4.78, 5) is 4.30. The van der Waals surface area contributed by atoms with Crippen LogP contribution >= 0.6 is 0 Å². The Balaban J connectivity index is 1.78. The molecule has 0 saturated heterocycles. The largest absolute Gasteiger partial charge is 0.312 e. The van der Waals surface area contributed by atoms with E-state index in [4.69, 9.17) is 0 Å². The molecule has 2 heteroatoms. The topological polar surface area (TPSA) is 24.9 Å². The molecule has 16 heavy (non-hydrogen) atoms. The average molecular weight is 218 g/mol. The molecule has 2 rings (SSSR count). The minimum atomic E-state index is 0.595. The minimum Gasteiger partial charge on any atom is -0.312 e. The lowest BCUT2D eigenvalue weighted by molar-refractivity contribution is 0.338. The van der Waals surface area contributed by atoms with Gasteiger partial charge in [0.2, 0.25) is 0 Å². The summed E-state index contributed by atoms with van der Waals surface area (Å²) in [5.41, 5.74) is 2.97. The molecule has 0 radical (unpaired) electrons. The molecule has 1 aliphatic rings. The van der Waals surface area contributed by atoms with Crippen LogP contribution in [0.2, 0.25) is 0 Å². The van der Waals surface area contributed by atoms with Crippen molar-refractivity contribution >= 4 is 0 Å². The number of hydrogen-bond donors (Lipinski definition) is 1. The van der Waals surface area contributed by atoms with Crippen LogP contribution in [0.25, 0.3) is 0 Å². The number of aromatic nitrogens is 1. The third-order valence-electron chi connectivity index (χ3n) is 3.90. The third kappa shape index (κ3) is 2.62. The van der Waals surface area contributed by atoms with Crippen molar-refractivity contribution in [3.8, 4) is 0 Å². The van der Waals surface area contributed by atoms with Gasteiger partial charge in [0.25, 0.3) is 0 Å². The first-order valence-corrected chi connectivity index (χ1v) is 6.25. The molecule has 2 nitrogen and oxygen atoms in total. The van der Waals surface area contributed by atoms with Crippen molar-refractivity contribution in [1.29, 1.82) is 0 Å². The van der Waals surface area contributed by atoms with Crippen molar-refractivity contribution in [2.24, 2.45) is 11.3 Å². The number of pyridine rings is 1. The summed E-state index contributed by atoms with van der Waals surface area (Å²) in [6.45, 7) is 8.79. The van der Waals surface area contributed by atoms with Gasteiger partial charge >= 0.3 is 0 Å². The molecular formula is C14H22N2. The molecule has 1 saturated carbocycles. The van der Waals surface area contributed by atoms with E-state index in [9.17, 15) is 0 Å². The van der Waals surface area contributed by atoms with Gasteiger partial charge < -0.3 is 5.32 Å². The van der Waals surface area contributed by atoms with E-state index in [1.54, 1.807) is 0 Å². The van der Waals surface area contributed by atoms with Gasteiger partial charge in [-0.3, -0.25) is 4.98 Å². The predicted octanol–water partition coefficient (Wildman–Crippen LogP) is 2.92. The molecule has 1 aromatic rings. The lowest BCUT2D eigenvalue weighted by atomic mass is 9.92. The zero-order valence-corrected chi connectivity index (χ0v) is 10.6. The second-order valence-corrected chi connectivity index (χ2v) is 5.43. The van der Waals surface area contributed by atoms with E-state index in [1.807, 2.05) is 13.1 Å². The van der Waals surface area contributed by atoms with Crippen molar-refractivity contribution in [1.82, 2.24) is 10.3 Å². The summed E-state index contributed by atoms with van der Waals surface area (Å²) < 4.78 is 0. The smallest absolute Gasteiger partial charge is 0.0372 e. The van der Waals surface area contributed by atoms with Crippen LogP contribution in [-0.2, 0) is 6.54 Å². The van der Waals surface area contributed by atoms with E-state index in [1.165, 1.54) is 18.4 Å². The monoisotopic (exact) mass is 218 g/mol. The van der Waals surface area contributed by atoms with Gasteiger partial charge in [0, 0.05) is 25.0 Å². The van der Waals surface area contributed by atoms with Crippen LogP contribution in [-0.4, -0.2) is 11.5 Å². The van der Waals surface area contributed by atoms with Crippen LogP contribution in [0.15, 0.2) is 18.3 Å². The van der Waals surface area contributed by atoms with Gasteiger partial charge in [-0.05, 0) is 42.7 Å². The van der Waals surface area contributed by atoms with Crippen LogP contribution in [0.3, 0.4) is 0 Å². The molecule has 1 heterocycles. The number of nitrogens with one attached hydrogen (secondary N) is 1. The van der Waals surface area contributed by atoms with E-state index in [2.05, 4.69) is 36.3 Å². The Morgan fingerprint density at radius 3 is 2.62 bits per heavy atom. The van der Waals surface area contributed by atoms with Gasteiger partial charge in [-0.25, -0.2) is 0 Å². The molecule has 0 amide bonds. The summed E-state index contributed by atoms with van der Waals surface area (Å²) in [5.74, 6) is 0.802. The molecule has 1 aromatic heterocycles. The summed E-state index contributed by atoms with van der Waals surface area (Å²) in [5, 5.41) is 3.57. The van der Waals surface area contributed by atoms with Gasteiger partial charge in [-0.2, -0.15) is 0 Å². The van der Waals surface area contributed by atoms with Crippen molar-refractivity contribution in [2.75, 3.05) is 6.54 Å². The molecular weight excluding hydrogens is 196 g/mol. The standard InChI is InChI=1S/C14H22N2/c1-11(2)14(6-7-14)10-15-8-13-5-4-12(3)16-9-13/h4-5,9,11,15H,6-8,10H2,1-3H3. The van der Waals surface area contributed by atoms with E-state index < -0.39 is 0 Å². The van der Waals surface area contributed by atoms with Crippen molar-refractivity contribution in [3.05, 3.63) is 29.6 Å². The van der Waals surface area contributed by atoms with Crippen LogP contribution in [0.5, 0.6) is 0 Å². The Kier molecular flexibility index (Phi) is 3.29. The van der Waals surface area contributed by atoms with E-state index in [0.29, 0.717) is 5.41 Å². The third-order valence-corrected chi connectivity index (χ3v) is 3.90. The molecule has 0 atom stereocenters. The maximum atomic E-state index is 4.30. The number of nitrogens with zero attached hydrogens (tertiary/aromatic N) is 1. The molecule has 88 valence electrons. The number of rotatable bonds is 5. The molecule has 0 aromatic carbocycles. The van der Waals surface area contributed by atoms with Crippen LogP contribution in [0, 0.1) is 18.3 Å². The minimum absolute atomic E-state index is 0.595. The molecule has 0 spiro atoms. The van der Waals surface area contributed by atoms with Gasteiger partial charge in [0.1, 0.15) is 0 Å². The van der Waals surface area contributed by atoms with Crippen LogP contribution in [0.1, 0.15) is 37.9 Å². The normalized spacial score (nSPS) is 17.8. The number of aryl methyl sites for hydroxylation is 1. The summed E-state index contributed by atoms with van der Waals surface area (Å²) in [6.07, 6.45) is 4.75. The summed E-state index contributed by atoms with van der Waals surface area (Å²) in [6, 6.07) is 4.23. The average Bonchev–Trinajstić information content (AvgIpc) is 3.02. The zero-order chi connectivity index (χ0) is 11.6. The fourth-order valence-electron chi connectivity index (χ4n) is 2.18. The molecule has 1 fully saturated rings. The fraction of sp³-hybridized carbons (Fsp3) is 0.643. The van der Waals surface area contributed by atoms with Crippen molar-refractivity contribution in [2.45, 2.75) is 40.2 Å². The Morgan fingerprint density at radius 2 is 2.12 bits per heavy atom. The van der Waals surface area contributed by atoms with Crippen molar-refractivity contribution < 1.29 is 0 Å². The van der Waals surface area contributed by atoms with Crippen molar-refractivity contribution in [3.63, 3.8) is 0 Å². The van der Waals surface area contributed by atoms with Gasteiger partial charge in [0.15, 0.2) is 0 Å². The maximum Gasteiger partial charge on any atom is 0.0372 e. The highest BCUT2D eigenvalue weighted by Gasteiger charge is 2.44. The molecule has 0 unspecified atom stereocenters. The van der Waals surface area contributed by atoms with E-state index in [0.717, 1.165) is 24.7 Å². The highest BCUT2D eigenvalue weighted by Crippen LogP contribution is 2.51. The second-order valence-electron chi connectivity index (χ2n) is 5.43. The van der Waals surface area contributed by atoms with Crippen LogP contribution in [0.4, 0.5) is 0 Å². The Bertz CT molecular complexity index is 336. The second kappa shape index (κ2) is 4.54. The SMILES string of the molecule is Cc1ccc(CNCC2(C(C)C)CC2)cn1. The Labute approximate surface area is 98.5 Å². The molecule has 1 aliphatic carbocycles. The lowest BCUT2D eigenvalue weighted by Gasteiger charge is -2.20. The Hall–Kier alpha value is -0.890. The highest BCUT2D eigenvalue weighted by atomic mass is 14.9. The molecule has 0 bridgehead atoms. The first kappa shape index (κ1) is 11.6. The number of hydrogen-bond acceptors (Lipinski definition) is 2. The maximum absolute atomic E-state index is 4.30. The van der Waals surface area contributed by atoms with Gasteiger partial charge in [0.05, 0.1) is 0 Å². The van der Waals surface area contributed by atoms with Gasteiger partial charge in [-0.15, -0.1) is 0 Å². The quantitative estimate of drug-likeness (QED) is 0.822. The summed E-state index contributed by atoms with van der Waals surface area (Å²) in [7, 11) is 0. The highest BCUT2D eigenvalue weighted by molar-refractivity contribution is 5.13. The molecule has 0 aliphatic heterocycles. The first-order chi connectivity index (χ1) is 7.62. The fourth-order valence-corrected chi connectivity index (χ4v) is 2.18. The Morgan fingerprint density at radius 1 is 1.38 bits per heavy atom. The predicted molar refractivity (Wildman–Crippen MR) is 67.2 cm³/mol. The summed E-state index contributed by atoms with van der Waals surface area (Å²) >= 11 is 0. The van der Waals surface area contributed by atoms with E-state index in [-0.39, 0.29) is 0 Å². The van der Waals surface area contributed by atoms with Crippen LogP contribution < -0.4 is 5.32 Å². The first-order valence-electron chi connectivity index (χ1n) is 6.25.